The number of aliphatic hydroxyl groups excluding tert-OH is 1. The highest BCUT2D eigenvalue weighted by molar-refractivity contribution is 5.99. The van der Waals surface area contributed by atoms with Crippen molar-refractivity contribution in [3.8, 4) is 17.6 Å². The highest BCUT2D eigenvalue weighted by atomic mass is 16.5. The summed E-state index contributed by atoms with van der Waals surface area (Å²) in [6, 6.07) is 11.0. The molecule has 2 aromatic carbocycles. The van der Waals surface area contributed by atoms with E-state index in [2.05, 4.69) is 32.3 Å². The van der Waals surface area contributed by atoms with Gasteiger partial charge in [-0.1, -0.05) is 25.1 Å². The zero-order valence-corrected chi connectivity index (χ0v) is 29.4. The molecule has 4 bridgehead atoms. The first kappa shape index (κ1) is 38.3. The Kier molecular flexibility index (Phi) is 13.9. The van der Waals surface area contributed by atoms with Crippen molar-refractivity contribution in [3.05, 3.63) is 71.0 Å². The molecule has 4 N–H and O–H groups in total. The zero-order valence-electron chi connectivity index (χ0n) is 29.4. The number of nitrogens with zero attached hydrogens (tertiary/aromatic N) is 5. The van der Waals surface area contributed by atoms with Gasteiger partial charge in [-0.2, -0.15) is 5.26 Å². The van der Waals surface area contributed by atoms with Crippen LogP contribution in [0.3, 0.4) is 0 Å². The van der Waals surface area contributed by atoms with Gasteiger partial charge in [-0.05, 0) is 74.9 Å². The standard InChI is InChI=1S/C36H46N8O7/c1-23(2)17-29-34(47)40-32(24(3)45)35(48)38-13-5-6-14-43(36(49)27-10-7-9-25(18-27)20-37)15-8-16-44-21-28(41-42-44)22-51-31-19-26(33(46)39-29)11-12-30(31)50-4/h7,9-12,18-19,21,23-24,29,32,45H,5-6,8,13-17,22H2,1-4H3,(H,38,48)(H,39,46)(H,40,47)/t24-,29-,32+/m1/s1. The molecule has 4 rings (SSSR count). The highest BCUT2D eigenvalue weighted by Gasteiger charge is 2.30. The summed E-state index contributed by atoms with van der Waals surface area (Å²) < 4.78 is 13.1. The molecule has 0 unspecified atom stereocenters. The van der Waals surface area contributed by atoms with Crippen LogP contribution in [-0.4, -0.2) is 93.6 Å². The largest absolute Gasteiger partial charge is 0.493 e. The minimum Gasteiger partial charge on any atom is -0.493 e. The van der Waals surface area contributed by atoms with Gasteiger partial charge >= 0.3 is 0 Å². The molecule has 1 aromatic heterocycles. The molecule has 3 atom stereocenters. The maximum Gasteiger partial charge on any atom is 0.253 e. The molecule has 0 fully saturated rings. The lowest BCUT2D eigenvalue weighted by molar-refractivity contribution is -0.132. The lowest BCUT2D eigenvalue weighted by Crippen LogP contribution is -2.57. The number of nitriles is 1. The van der Waals surface area contributed by atoms with E-state index in [4.69, 9.17) is 9.47 Å². The third-order valence-electron chi connectivity index (χ3n) is 8.27. The predicted octanol–water partition coefficient (Wildman–Crippen LogP) is 2.19. The number of fused-ring (bicyclic) bond motifs is 4. The summed E-state index contributed by atoms with van der Waals surface area (Å²) in [6.45, 7) is 6.72. The van der Waals surface area contributed by atoms with E-state index in [1.54, 1.807) is 52.2 Å². The van der Waals surface area contributed by atoms with Gasteiger partial charge < -0.3 is 35.4 Å². The van der Waals surface area contributed by atoms with Crippen molar-refractivity contribution in [1.82, 2.24) is 35.8 Å². The van der Waals surface area contributed by atoms with Crippen LogP contribution in [-0.2, 0) is 22.7 Å². The van der Waals surface area contributed by atoms with Crippen LogP contribution >= 0.6 is 0 Å². The first-order valence-corrected chi connectivity index (χ1v) is 17.0. The second-order valence-corrected chi connectivity index (χ2v) is 12.8. The fraction of sp³-hybridized carbons (Fsp3) is 0.472. The second kappa shape index (κ2) is 18.5. The number of aromatic nitrogens is 3. The number of nitrogens with one attached hydrogen (secondary N) is 3. The van der Waals surface area contributed by atoms with Crippen molar-refractivity contribution in [3.63, 3.8) is 0 Å². The molecule has 4 amide bonds. The van der Waals surface area contributed by atoms with Crippen LogP contribution in [0.5, 0.6) is 11.5 Å². The number of aliphatic hydroxyl groups is 1. The van der Waals surface area contributed by atoms with E-state index in [0.717, 1.165) is 0 Å². The number of hydrogen-bond acceptors (Lipinski definition) is 10. The summed E-state index contributed by atoms with van der Waals surface area (Å²) in [5.41, 5.74) is 1.53. The van der Waals surface area contributed by atoms with Crippen LogP contribution in [0, 0.1) is 17.2 Å². The molecule has 0 saturated heterocycles. The van der Waals surface area contributed by atoms with Crippen molar-refractivity contribution in [2.24, 2.45) is 5.92 Å². The van der Waals surface area contributed by atoms with Gasteiger partial charge in [-0.15, -0.1) is 5.10 Å². The number of hydrogen-bond donors (Lipinski definition) is 4. The summed E-state index contributed by atoms with van der Waals surface area (Å²) >= 11 is 0. The predicted molar refractivity (Wildman–Crippen MR) is 186 cm³/mol. The van der Waals surface area contributed by atoms with Gasteiger partial charge in [0.05, 0.1) is 31.0 Å². The average molecular weight is 703 g/mol. The molecule has 15 nitrogen and oxygen atoms in total. The van der Waals surface area contributed by atoms with Gasteiger partial charge in [-0.25, -0.2) is 0 Å². The normalized spacial score (nSPS) is 19.0. The van der Waals surface area contributed by atoms with Crippen LogP contribution in [0.15, 0.2) is 48.7 Å². The monoisotopic (exact) mass is 702 g/mol. The Morgan fingerprint density at radius 3 is 2.57 bits per heavy atom. The van der Waals surface area contributed by atoms with Crippen molar-refractivity contribution in [1.29, 1.82) is 5.26 Å². The van der Waals surface area contributed by atoms with Gasteiger partial charge in [0.15, 0.2) is 11.5 Å². The smallest absolute Gasteiger partial charge is 0.253 e. The maximum absolute atomic E-state index is 13.5. The van der Waals surface area contributed by atoms with Gasteiger partial charge in [0.25, 0.3) is 11.8 Å². The third kappa shape index (κ3) is 11.0. The minimum absolute atomic E-state index is 0.0108. The Bertz CT molecular complexity index is 1720. The second-order valence-electron chi connectivity index (χ2n) is 12.8. The number of ether oxygens (including phenoxy) is 2. The van der Waals surface area contributed by atoms with Gasteiger partial charge in [0.1, 0.15) is 24.4 Å². The van der Waals surface area contributed by atoms with Crippen LogP contribution in [0.25, 0.3) is 0 Å². The summed E-state index contributed by atoms with van der Waals surface area (Å²) in [5.74, 6) is -1.28. The molecule has 2 heterocycles. The van der Waals surface area contributed by atoms with E-state index >= 15 is 0 Å². The molecule has 3 aromatic rings. The van der Waals surface area contributed by atoms with Crippen molar-refractivity contribution in [2.75, 3.05) is 26.7 Å². The fourth-order valence-corrected chi connectivity index (χ4v) is 5.59. The third-order valence-corrected chi connectivity index (χ3v) is 8.27. The summed E-state index contributed by atoms with van der Waals surface area (Å²) in [5, 5.41) is 36.3. The zero-order chi connectivity index (χ0) is 36.9. The maximum atomic E-state index is 13.5. The Labute approximate surface area is 297 Å². The van der Waals surface area contributed by atoms with Crippen LogP contribution in [0.4, 0.5) is 0 Å². The molecular weight excluding hydrogens is 656 g/mol. The molecule has 1 aliphatic heterocycles. The number of carbonyl (C=O) groups excluding carboxylic acids is 4. The number of aryl methyl sites for hydroxylation is 1. The summed E-state index contributed by atoms with van der Waals surface area (Å²) in [6.07, 6.45) is 2.41. The fourth-order valence-electron chi connectivity index (χ4n) is 5.59. The SMILES string of the molecule is COc1ccc2cc1OCc1cn(nn1)CCCN(C(=O)c1cccc(C#N)c1)CCCCNC(=O)[C@H]([C@@H](C)O)NC(=O)[C@@H](CC(C)C)NC2=O. The minimum atomic E-state index is -1.27. The van der Waals surface area contributed by atoms with Crippen molar-refractivity contribution >= 4 is 23.6 Å². The first-order valence-electron chi connectivity index (χ1n) is 17.0. The first-order chi connectivity index (χ1) is 24.5. The van der Waals surface area contributed by atoms with Crippen LogP contribution < -0.4 is 25.4 Å². The van der Waals surface area contributed by atoms with Crippen LogP contribution in [0.2, 0.25) is 0 Å². The molecule has 0 saturated carbocycles. The Balaban J connectivity index is 1.59. The molecule has 0 aliphatic carbocycles. The number of amides is 4. The summed E-state index contributed by atoms with van der Waals surface area (Å²) in [4.78, 5) is 55.3. The van der Waals surface area contributed by atoms with Crippen molar-refractivity contribution < 1.29 is 33.8 Å². The van der Waals surface area contributed by atoms with E-state index in [1.165, 1.54) is 20.1 Å². The van der Waals surface area contributed by atoms with E-state index < -0.39 is 35.9 Å². The lowest BCUT2D eigenvalue weighted by atomic mass is 10.0. The molecule has 0 radical (unpaired) electrons. The Morgan fingerprint density at radius 1 is 1.06 bits per heavy atom. The van der Waals surface area contributed by atoms with Crippen LogP contribution in [0.1, 0.15) is 78.4 Å². The highest BCUT2D eigenvalue weighted by Crippen LogP contribution is 2.29. The molecule has 0 spiro atoms. The molecule has 1 aliphatic rings. The molecule has 51 heavy (non-hydrogen) atoms. The van der Waals surface area contributed by atoms with Gasteiger partial charge in [0, 0.05) is 37.3 Å². The van der Waals surface area contributed by atoms with E-state index in [-0.39, 0.29) is 42.7 Å². The van der Waals surface area contributed by atoms with E-state index in [9.17, 15) is 29.5 Å². The van der Waals surface area contributed by atoms with Gasteiger partial charge in [-0.3, -0.25) is 23.9 Å². The Hall–Kier alpha value is -5.49. The van der Waals surface area contributed by atoms with Crippen molar-refractivity contribution in [2.45, 2.75) is 77.8 Å². The lowest BCUT2D eigenvalue weighted by Gasteiger charge is -2.26. The summed E-state index contributed by atoms with van der Waals surface area (Å²) in [7, 11) is 1.48. The Morgan fingerprint density at radius 2 is 1.84 bits per heavy atom. The number of benzene rings is 2. The van der Waals surface area contributed by atoms with E-state index in [1.807, 2.05) is 13.8 Å². The number of carbonyl (C=O) groups is 4. The number of rotatable bonds is 5. The van der Waals surface area contributed by atoms with Gasteiger partial charge in [0.2, 0.25) is 11.8 Å². The number of methoxy groups -OCH3 is 1. The average Bonchev–Trinajstić information content (AvgIpc) is 3.57. The van der Waals surface area contributed by atoms with E-state index in [0.29, 0.717) is 61.5 Å². The molecular formula is C36H46N8O7. The quantitative estimate of drug-likeness (QED) is 0.306. The molecule has 272 valence electrons. The topological polar surface area (TPSA) is 201 Å². The molecule has 15 heteroatoms.